The molecular formula is C20H21ClN2O. The molecule has 0 amide bonds. The minimum Gasteiger partial charge on any atom is -0.396 e. The lowest BCUT2D eigenvalue weighted by molar-refractivity contribution is 0.180. The van der Waals surface area contributed by atoms with Crippen molar-refractivity contribution in [2.45, 2.75) is 19.0 Å². The minimum atomic E-state index is 0.147. The van der Waals surface area contributed by atoms with Crippen LogP contribution in [0.3, 0.4) is 0 Å². The average molecular weight is 341 g/mol. The Morgan fingerprint density at radius 2 is 1.92 bits per heavy atom. The van der Waals surface area contributed by atoms with E-state index >= 15 is 0 Å². The summed E-state index contributed by atoms with van der Waals surface area (Å²) in [4.78, 5) is 6.76. The number of aromatic nitrogens is 1. The molecule has 1 atom stereocenters. The highest BCUT2D eigenvalue weighted by Gasteiger charge is 2.18. The van der Waals surface area contributed by atoms with Gasteiger partial charge in [0, 0.05) is 35.8 Å². The van der Waals surface area contributed by atoms with E-state index in [-0.39, 0.29) is 12.6 Å². The van der Waals surface area contributed by atoms with Gasteiger partial charge < -0.3 is 5.11 Å². The molecule has 4 heteroatoms. The molecule has 1 N–H and O–H groups in total. The van der Waals surface area contributed by atoms with Gasteiger partial charge in [0.25, 0.3) is 0 Å². The number of benzene rings is 2. The van der Waals surface area contributed by atoms with E-state index in [1.54, 1.807) is 0 Å². The fourth-order valence-electron chi connectivity index (χ4n) is 3.17. The first kappa shape index (κ1) is 16.9. The van der Waals surface area contributed by atoms with Crippen molar-refractivity contribution in [3.05, 3.63) is 76.9 Å². The van der Waals surface area contributed by atoms with Crippen molar-refractivity contribution in [1.29, 1.82) is 0 Å². The van der Waals surface area contributed by atoms with Crippen LogP contribution in [0.4, 0.5) is 0 Å². The van der Waals surface area contributed by atoms with Crippen LogP contribution in [0, 0.1) is 0 Å². The van der Waals surface area contributed by atoms with Gasteiger partial charge in [-0.15, -0.1) is 0 Å². The van der Waals surface area contributed by atoms with Crippen molar-refractivity contribution >= 4 is 22.5 Å². The van der Waals surface area contributed by atoms with E-state index in [9.17, 15) is 5.11 Å². The zero-order chi connectivity index (χ0) is 16.9. The van der Waals surface area contributed by atoms with Gasteiger partial charge in [-0.2, -0.15) is 0 Å². The quantitative estimate of drug-likeness (QED) is 0.720. The van der Waals surface area contributed by atoms with Gasteiger partial charge in [0.05, 0.1) is 5.52 Å². The van der Waals surface area contributed by atoms with Gasteiger partial charge in [-0.1, -0.05) is 48.0 Å². The van der Waals surface area contributed by atoms with Gasteiger partial charge in [-0.25, -0.2) is 0 Å². The van der Waals surface area contributed by atoms with Crippen LogP contribution in [-0.2, 0) is 6.54 Å². The predicted octanol–water partition coefficient (Wildman–Crippen LogP) is 4.44. The molecule has 3 nitrogen and oxygen atoms in total. The molecule has 0 spiro atoms. The molecular weight excluding hydrogens is 320 g/mol. The molecule has 0 unspecified atom stereocenters. The second kappa shape index (κ2) is 7.75. The molecule has 0 aliphatic carbocycles. The maximum absolute atomic E-state index is 9.47. The number of aliphatic hydroxyl groups excluding tert-OH is 1. The monoisotopic (exact) mass is 340 g/mol. The fourth-order valence-corrected chi connectivity index (χ4v) is 3.42. The van der Waals surface area contributed by atoms with Crippen LogP contribution in [0.1, 0.15) is 23.6 Å². The summed E-state index contributed by atoms with van der Waals surface area (Å²) in [5, 5.41) is 11.2. The minimum absolute atomic E-state index is 0.147. The third kappa shape index (κ3) is 3.75. The first-order chi connectivity index (χ1) is 11.7. The molecule has 1 heterocycles. The highest BCUT2D eigenvalue weighted by atomic mass is 35.5. The molecule has 3 rings (SSSR count). The second-order valence-corrected chi connectivity index (χ2v) is 6.43. The Labute approximate surface area is 147 Å². The number of halogens is 1. The van der Waals surface area contributed by atoms with E-state index in [0.717, 1.165) is 21.5 Å². The molecule has 0 aliphatic heterocycles. The molecule has 0 saturated heterocycles. The summed E-state index contributed by atoms with van der Waals surface area (Å²) >= 11 is 6.28. The zero-order valence-electron chi connectivity index (χ0n) is 13.7. The summed E-state index contributed by atoms with van der Waals surface area (Å²) < 4.78 is 0. The van der Waals surface area contributed by atoms with Crippen molar-refractivity contribution in [2.75, 3.05) is 13.7 Å². The van der Waals surface area contributed by atoms with Crippen molar-refractivity contribution in [2.24, 2.45) is 0 Å². The van der Waals surface area contributed by atoms with E-state index in [1.807, 2.05) is 48.7 Å². The van der Waals surface area contributed by atoms with E-state index in [1.165, 1.54) is 5.56 Å². The van der Waals surface area contributed by atoms with Gasteiger partial charge in [-0.05, 0) is 42.8 Å². The highest BCUT2D eigenvalue weighted by molar-refractivity contribution is 6.31. The molecule has 0 aliphatic rings. The molecule has 24 heavy (non-hydrogen) atoms. The van der Waals surface area contributed by atoms with Crippen LogP contribution in [-0.4, -0.2) is 28.6 Å². The number of rotatable bonds is 6. The number of fused-ring (bicyclic) bond motifs is 1. The van der Waals surface area contributed by atoms with Crippen molar-refractivity contribution in [3.63, 3.8) is 0 Å². The molecule has 0 saturated carbocycles. The summed E-state index contributed by atoms with van der Waals surface area (Å²) in [6.45, 7) is 0.867. The lowest BCUT2D eigenvalue weighted by Crippen LogP contribution is -2.25. The first-order valence-electron chi connectivity index (χ1n) is 8.08. The van der Waals surface area contributed by atoms with E-state index in [0.29, 0.717) is 13.0 Å². The van der Waals surface area contributed by atoms with Gasteiger partial charge >= 0.3 is 0 Å². The molecule has 2 aromatic carbocycles. The maximum atomic E-state index is 9.47. The predicted molar refractivity (Wildman–Crippen MR) is 99.1 cm³/mol. The van der Waals surface area contributed by atoms with Gasteiger partial charge in [-0.3, -0.25) is 9.88 Å². The standard InChI is InChI=1S/C20H21ClN2O/c1-23(19(9-11-24)15-6-3-2-4-7-15)14-17-13-18(21)12-16-8-5-10-22-20(16)17/h2-8,10,12-13,19,24H,9,11,14H2,1H3/t19-/m0/s1. The Morgan fingerprint density at radius 1 is 1.12 bits per heavy atom. The Bertz CT molecular complexity index is 807. The Hall–Kier alpha value is -1.94. The summed E-state index contributed by atoms with van der Waals surface area (Å²) in [5.41, 5.74) is 3.28. The molecule has 0 bridgehead atoms. The SMILES string of the molecule is CN(Cc1cc(Cl)cc2cccnc12)[C@@H](CCO)c1ccccc1. The van der Waals surface area contributed by atoms with Crippen molar-refractivity contribution in [3.8, 4) is 0 Å². The van der Waals surface area contributed by atoms with E-state index in [2.05, 4.69) is 29.1 Å². The number of pyridine rings is 1. The number of nitrogens with zero attached hydrogens (tertiary/aromatic N) is 2. The van der Waals surface area contributed by atoms with Crippen molar-refractivity contribution in [1.82, 2.24) is 9.88 Å². The van der Waals surface area contributed by atoms with Crippen LogP contribution >= 0.6 is 11.6 Å². The average Bonchev–Trinajstić information content (AvgIpc) is 2.60. The van der Waals surface area contributed by atoms with E-state index < -0.39 is 0 Å². The van der Waals surface area contributed by atoms with Crippen LogP contribution in [0.25, 0.3) is 10.9 Å². The third-order valence-electron chi connectivity index (χ3n) is 4.29. The zero-order valence-corrected chi connectivity index (χ0v) is 14.4. The lowest BCUT2D eigenvalue weighted by atomic mass is 10.0. The normalized spacial score (nSPS) is 12.7. The van der Waals surface area contributed by atoms with Gasteiger partial charge in [0.2, 0.25) is 0 Å². The second-order valence-electron chi connectivity index (χ2n) is 5.99. The fraction of sp³-hybridized carbons (Fsp3) is 0.250. The van der Waals surface area contributed by atoms with Crippen LogP contribution < -0.4 is 0 Å². The summed E-state index contributed by atoms with van der Waals surface area (Å²) in [7, 11) is 2.07. The topological polar surface area (TPSA) is 36.4 Å². The van der Waals surface area contributed by atoms with Crippen LogP contribution in [0.2, 0.25) is 5.02 Å². The highest BCUT2D eigenvalue weighted by Crippen LogP contribution is 2.28. The lowest BCUT2D eigenvalue weighted by Gasteiger charge is -2.28. The maximum Gasteiger partial charge on any atom is 0.0747 e. The van der Waals surface area contributed by atoms with Gasteiger partial charge in [0.1, 0.15) is 0 Å². The Balaban J connectivity index is 1.92. The van der Waals surface area contributed by atoms with Gasteiger partial charge in [0.15, 0.2) is 0 Å². The Kier molecular flexibility index (Phi) is 5.46. The molecule has 0 radical (unpaired) electrons. The van der Waals surface area contributed by atoms with Crippen LogP contribution in [0.5, 0.6) is 0 Å². The Morgan fingerprint density at radius 3 is 2.67 bits per heavy atom. The number of hydrogen-bond acceptors (Lipinski definition) is 3. The number of hydrogen-bond donors (Lipinski definition) is 1. The molecule has 3 aromatic rings. The molecule has 1 aromatic heterocycles. The smallest absolute Gasteiger partial charge is 0.0747 e. The molecule has 124 valence electrons. The largest absolute Gasteiger partial charge is 0.396 e. The third-order valence-corrected chi connectivity index (χ3v) is 4.51. The summed E-state index contributed by atoms with van der Waals surface area (Å²) in [6, 6.07) is 18.3. The molecule has 0 fully saturated rings. The first-order valence-corrected chi connectivity index (χ1v) is 8.46. The van der Waals surface area contributed by atoms with Crippen LogP contribution in [0.15, 0.2) is 60.8 Å². The number of aliphatic hydroxyl groups is 1. The van der Waals surface area contributed by atoms with E-state index in [4.69, 9.17) is 11.6 Å². The summed E-state index contributed by atoms with van der Waals surface area (Å²) in [6.07, 6.45) is 2.49. The van der Waals surface area contributed by atoms with Crippen molar-refractivity contribution < 1.29 is 5.11 Å². The summed E-state index contributed by atoms with van der Waals surface area (Å²) in [5.74, 6) is 0.